The average Bonchev–Trinajstić information content (AvgIpc) is 2.25. The summed E-state index contributed by atoms with van der Waals surface area (Å²) in [4.78, 5) is 19.4. The van der Waals surface area contributed by atoms with Crippen LogP contribution in [0.2, 0.25) is 0 Å². The highest BCUT2D eigenvalue weighted by atomic mass is 32.2. The molecule has 1 aromatic rings. The smallest absolute Gasteiger partial charge is 0.309 e. The lowest BCUT2D eigenvalue weighted by atomic mass is 10.2. The van der Waals surface area contributed by atoms with E-state index in [1.807, 2.05) is 0 Å². The molecule has 94 valence electrons. The number of nitrogens with two attached hydrogens (primary N) is 2. The maximum absolute atomic E-state index is 11.4. The fourth-order valence-electron chi connectivity index (χ4n) is 1.08. The van der Waals surface area contributed by atoms with Crippen LogP contribution in [-0.2, 0) is 9.53 Å². The Kier molecular flexibility index (Phi) is 5.02. The van der Waals surface area contributed by atoms with E-state index in [9.17, 15) is 4.79 Å². The zero-order chi connectivity index (χ0) is 12.8. The number of anilines is 2. The number of aromatic nitrogens is 2. The third kappa shape index (κ3) is 4.48. The summed E-state index contributed by atoms with van der Waals surface area (Å²) in [5.41, 5.74) is 11.1. The topological polar surface area (TPSA) is 104 Å². The molecule has 17 heavy (non-hydrogen) atoms. The normalized spacial score (nSPS) is 12.1. The van der Waals surface area contributed by atoms with Gasteiger partial charge in [-0.1, -0.05) is 18.7 Å². The maximum Gasteiger partial charge on any atom is 0.309 e. The minimum Gasteiger partial charge on any atom is -0.466 e. The summed E-state index contributed by atoms with van der Waals surface area (Å²) in [6, 6.07) is 1.48. The molecule has 1 aromatic heterocycles. The van der Waals surface area contributed by atoms with E-state index in [4.69, 9.17) is 16.2 Å². The molecule has 1 unspecified atom stereocenters. The summed E-state index contributed by atoms with van der Waals surface area (Å²) in [5.74, 6) is 0.734. The Balaban J connectivity index is 2.52. The lowest BCUT2D eigenvalue weighted by molar-refractivity contribution is -0.146. The molecule has 0 saturated carbocycles. The molecule has 0 saturated heterocycles. The molecular formula is C10H16N4O2S. The Bertz CT molecular complexity index is 380. The van der Waals surface area contributed by atoms with Gasteiger partial charge in [-0.25, -0.2) is 9.97 Å². The second-order valence-corrected chi connectivity index (χ2v) is 4.45. The van der Waals surface area contributed by atoms with E-state index in [1.54, 1.807) is 13.8 Å². The van der Waals surface area contributed by atoms with Crippen molar-refractivity contribution in [1.82, 2.24) is 9.97 Å². The molecule has 1 heterocycles. The molecule has 0 aliphatic carbocycles. The number of ether oxygens (including phenoxy) is 1. The first-order valence-electron chi connectivity index (χ1n) is 5.22. The lowest BCUT2D eigenvalue weighted by Gasteiger charge is -2.09. The van der Waals surface area contributed by atoms with Crippen LogP contribution in [0.1, 0.15) is 13.8 Å². The number of carbonyl (C=O) groups is 1. The number of carbonyl (C=O) groups excluding carboxylic acids is 1. The van der Waals surface area contributed by atoms with E-state index < -0.39 is 0 Å². The zero-order valence-electron chi connectivity index (χ0n) is 9.84. The molecule has 6 nitrogen and oxygen atoms in total. The molecule has 1 rings (SSSR count). The second kappa shape index (κ2) is 6.29. The fourth-order valence-corrected chi connectivity index (χ4v) is 1.95. The number of hydrogen-bond donors (Lipinski definition) is 2. The molecule has 0 aliphatic rings. The van der Waals surface area contributed by atoms with Gasteiger partial charge in [0.05, 0.1) is 12.5 Å². The van der Waals surface area contributed by atoms with Crippen molar-refractivity contribution in [3.05, 3.63) is 6.07 Å². The zero-order valence-corrected chi connectivity index (χ0v) is 10.7. The fraction of sp³-hybridized carbons (Fsp3) is 0.500. The third-order valence-corrected chi connectivity index (χ3v) is 3.00. The Morgan fingerprint density at radius 2 is 2.06 bits per heavy atom. The van der Waals surface area contributed by atoms with Crippen LogP contribution >= 0.6 is 11.8 Å². The number of esters is 1. The standard InChI is InChI=1S/C10H16N4O2S/c1-3-16-9(15)6(2)5-17-10-13-7(11)4-8(12)14-10/h4,6H,3,5H2,1-2H3,(H4,11,12,13,14). The van der Waals surface area contributed by atoms with Crippen LogP contribution in [0.3, 0.4) is 0 Å². The summed E-state index contributed by atoms with van der Waals surface area (Å²) in [7, 11) is 0. The monoisotopic (exact) mass is 256 g/mol. The minimum atomic E-state index is -0.225. The predicted molar refractivity (Wildman–Crippen MR) is 67.4 cm³/mol. The van der Waals surface area contributed by atoms with Gasteiger partial charge in [-0.05, 0) is 6.92 Å². The van der Waals surface area contributed by atoms with E-state index in [0.29, 0.717) is 29.2 Å². The van der Waals surface area contributed by atoms with Gasteiger partial charge in [-0.15, -0.1) is 0 Å². The van der Waals surface area contributed by atoms with E-state index in [0.717, 1.165) is 0 Å². The van der Waals surface area contributed by atoms with Crippen LogP contribution in [0.25, 0.3) is 0 Å². The van der Waals surface area contributed by atoms with Gasteiger partial charge in [-0.2, -0.15) is 0 Å². The Labute approximate surface area is 104 Å². The van der Waals surface area contributed by atoms with Crippen molar-refractivity contribution in [2.24, 2.45) is 5.92 Å². The van der Waals surface area contributed by atoms with Gasteiger partial charge < -0.3 is 16.2 Å². The minimum absolute atomic E-state index is 0.216. The lowest BCUT2D eigenvalue weighted by Crippen LogP contribution is -2.17. The summed E-state index contributed by atoms with van der Waals surface area (Å²) < 4.78 is 4.90. The van der Waals surface area contributed by atoms with Crippen LogP contribution in [0, 0.1) is 5.92 Å². The van der Waals surface area contributed by atoms with E-state index >= 15 is 0 Å². The van der Waals surface area contributed by atoms with Crippen molar-refractivity contribution < 1.29 is 9.53 Å². The number of rotatable bonds is 5. The SMILES string of the molecule is CCOC(=O)C(C)CSc1nc(N)cc(N)n1. The van der Waals surface area contributed by atoms with Crippen LogP contribution in [-0.4, -0.2) is 28.3 Å². The van der Waals surface area contributed by atoms with Gasteiger partial charge in [0.2, 0.25) is 0 Å². The molecule has 0 bridgehead atoms. The van der Waals surface area contributed by atoms with E-state index in [1.165, 1.54) is 17.8 Å². The number of hydrogen-bond acceptors (Lipinski definition) is 7. The van der Waals surface area contributed by atoms with Crippen LogP contribution in [0.5, 0.6) is 0 Å². The highest BCUT2D eigenvalue weighted by molar-refractivity contribution is 7.99. The van der Waals surface area contributed by atoms with Crippen molar-refractivity contribution in [1.29, 1.82) is 0 Å². The highest BCUT2D eigenvalue weighted by Crippen LogP contribution is 2.19. The molecule has 4 N–H and O–H groups in total. The molecule has 0 radical (unpaired) electrons. The first-order valence-corrected chi connectivity index (χ1v) is 6.21. The number of nitrogen functional groups attached to an aromatic ring is 2. The molecule has 0 amide bonds. The van der Waals surface area contributed by atoms with Crippen LogP contribution in [0.4, 0.5) is 11.6 Å². The molecule has 0 aromatic carbocycles. The molecule has 0 spiro atoms. The third-order valence-electron chi connectivity index (χ3n) is 1.90. The van der Waals surface area contributed by atoms with Gasteiger partial charge in [0, 0.05) is 11.8 Å². The van der Waals surface area contributed by atoms with Crippen molar-refractivity contribution in [2.45, 2.75) is 19.0 Å². The Morgan fingerprint density at radius 1 is 1.47 bits per heavy atom. The van der Waals surface area contributed by atoms with Crippen LogP contribution < -0.4 is 11.5 Å². The van der Waals surface area contributed by atoms with Gasteiger partial charge >= 0.3 is 5.97 Å². The summed E-state index contributed by atoms with van der Waals surface area (Å²) >= 11 is 1.33. The summed E-state index contributed by atoms with van der Waals surface area (Å²) in [6.45, 7) is 3.95. The predicted octanol–water partition coefficient (Wildman–Crippen LogP) is 0.932. The van der Waals surface area contributed by atoms with Gasteiger partial charge in [-0.3, -0.25) is 4.79 Å². The Hall–Kier alpha value is -1.50. The van der Waals surface area contributed by atoms with E-state index in [2.05, 4.69) is 9.97 Å². The van der Waals surface area contributed by atoms with Gasteiger partial charge in [0.25, 0.3) is 0 Å². The molecular weight excluding hydrogens is 240 g/mol. The van der Waals surface area contributed by atoms with Crippen LogP contribution in [0.15, 0.2) is 11.2 Å². The second-order valence-electron chi connectivity index (χ2n) is 3.46. The summed E-state index contributed by atoms with van der Waals surface area (Å²) in [6.07, 6.45) is 0. The van der Waals surface area contributed by atoms with Gasteiger partial charge in [0.1, 0.15) is 11.6 Å². The quantitative estimate of drug-likeness (QED) is 0.458. The largest absolute Gasteiger partial charge is 0.466 e. The van der Waals surface area contributed by atoms with E-state index in [-0.39, 0.29) is 11.9 Å². The number of nitrogens with zero attached hydrogens (tertiary/aromatic N) is 2. The first kappa shape index (κ1) is 13.6. The number of thioether (sulfide) groups is 1. The van der Waals surface area contributed by atoms with Crippen molar-refractivity contribution in [3.8, 4) is 0 Å². The first-order chi connectivity index (χ1) is 8.02. The molecule has 0 fully saturated rings. The van der Waals surface area contributed by atoms with Crippen molar-refractivity contribution >= 4 is 29.4 Å². The maximum atomic E-state index is 11.4. The van der Waals surface area contributed by atoms with Crippen molar-refractivity contribution in [3.63, 3.8) is 0 Å². The summed E-state index contributed by atoms with van der Waals surface area (Å²) in [5, 5.41) is 0.471. The molecule has 0 aliphatic heterocycles. The molecule has 7 heteroatoms. The molecule has 1 atom stereocenters. The average molecular weight is 256 g/mol. The van der Waals surface area contributed by atoms with Gasteiger partial charge in [0.15, 0.2) is 5.16 Å². The Morgan fingerprint density at radius 3 is 2.59 bits per heavy atom. The highest BCUT2D eigenvalue weighted by Gasteiger charge is 2.15. The van der Waals surface area contributed by atoms with Crippen molar-refractivity contribution in [2.75, 3.05) is 23.8 Å².